The summed E-state index contributed by atoms with van der Waals surface area (Å²) in [6.45, 7) is 7.33. The number of hydrogen-bond acceptors (Lipinski definition) is 2. The van der Waals surface area contributed by atoms with Gasteiger partial charge in [-0.3, -0.25) is 0 Å². The minimum absolute atomic E-state index is 0.195. The summed E-state index contributed by atoms with van der Waals surface area (Å²) in [7, 11) is 0. The Kier molecular flexibility index (Phi) is 5.09. The van der Waals surface area contributed by atoms with E-state index in [1.54, 1.807) is 0 Å². The average molecular weight is 275 g/mol. The van der Waals surface area contributed by atoms with Gasteiger partial charge in [-0.15, -0.1) is 0 Å². The van der Waals surface area contributed by atoms with Gasteiger partial charge in [0.2, 0.25) is 0 Å². The van der Waals surface area contributed by atoms with Gasteiger partial charge < -0.3 is 10.4 Å². The van der Waals surface area contributed by atoms with E-state index in [0.29, 0.717) is 6.54 Å². The summed E-state index contributed by atoms with van der Waals surface area (Å²) >= 11 is 0. The number of benzene rings is 1. The van der Waals surface area contributed by atoms with Crippen molar-refractivity contribution < 1.29 is 5.11 Å². The molecule has 0 aromatic heterocycles. The molecule has 0 radical (unpaired) electrons. The second-order valence-corrected chi connectivity index (χ2v) is 7.25. The van der Waals surface area contributed by atoms with Crippen molar-refractivity contribution in [3.8, 4) is 0 Å². The van der Waals surface area contributed by atoms with Crippen molar-refractivity contribution in [1.29, 1.82) is 0 Å². The first-order valence-electron chi connectivity index (χ1n) is 7.97. The Hall–Kier alpha value is -1.02. The lowest BCUT2D eigenvalue weighted by Gasteiger charge is -2.20. The quantitative estimate of drug-likeness (QED) is 0.838. The summed E-state index contributed by atoms with van der Waals surface area (Å²) in [5.41, 5.74) is 2.64. The molecule has 2 nitrogen and oxygen atoms in total. The lowest BCUT2D eigenvalue weighted by atomic mass is 9.87. The molecule has 0 aliphatic heterocycles. The predicted octanol–water partition coefficient (Wildman–Crippen LogP) is 4.34. The fourth-order valence-electron chi connectivity index (χ4n) is 3.04. The van der Waals surface area contributed by atoms with Gasteiger partial charge in [0.15, 0.2) is 0 Å². The Morgan fingerprint density at radius 3 is 2.30 bits per heavy atom. The average Bonchev–Trinajstić information content (AvgIpc) is 2.88. The van der Waals surface area contributed by atoms with Gasteiger partial charge in [-0.25, -0.2) is 0 Å². The van der Waals surface area contributed by atoms with E-state index >= 15 is 0 Å². The maximum Gasteiger partial charge on any atom is 0.0715 e. The molecule has 0 saturated heterocycles. The highest BCUT2D eigenvalue weighted by molar-refractivity contribution is 5.45. The summed E-state index contributed by atoms with van der Waals surface area (Å²) in [5.74, 6) is 0.745. The third-order valence-corrected chi connectivity index (χ3v) is 4.37. The molecule has 112 valence electrons. The molecule has 0 heterocycles. The van der Waals surface area contributed by atoms with Crippen LogP contribution in [0.15, 0.2) is 24.3 Å². The van der Waals surface area contributed by atoms with E-state index in [1.807, 2.05) is 0 Å². The molecule has 1 aliphatic rings. The van der Waals surface area contributed by atoms with Crippen molar-refractivity contribution in [2.24, 2.45) is 5.92 Å². The Bertz CT molecular complexity index is 398. The van der Waals surface area contributed by atoms with Gasteiger partial charge in [0, 0.05) is 12.2 Å². The van der Waals surface area contributed by atoms with Crippen LogP contribution in [0.25, 0.3) is 0 Å². The third kappa shape index (κ3) is 4.52. The highest BCUT2D eigenvalue weighted by Gasteiger charge is 2.18. The summed E-state index contributed by atoms with van der Waals surface area (Å²) in [6, 6.07) is 8.57. The molecule has 2 rings (SSSR count). The number of anilines is 1. The highest BCUT2D eigenvalue weighted by Crippen LogP contribution is 2.28. The van der Waals surface area contributed by atoms with Crippen LogP contribution in [0, 0.1) is 5.92 Å². The van der Waals surface area contributed by atoms with Crippen molar-refractivity contribution in [2.75, 3.05) is 11.9 Å². The highest BCUT2D eigenvalue weighted by atomic mass is 16.3. The van der Waals surface area contributed by atoms with Crippen LogP contribution in [0.1, 0.15) is 58.4 Å². The molecule has 1 aromatic carbocycles. The van der Waals surface area contributed by atoms with E-state index in [4.69, 9.17) is 0 Å². The zero-order valence-corrected chi connectivity index (χ0v) is 13.2. The topological polar surface area (TPSA) is 32.3 Å². The molecule has 1 saturated carbocycles. The summed E-state index contributed by atoms with van der Waals surface area (Å²) in [4.78, 5) is 0. The molecule has 1 aromatic rings. The van der Waals surface area contributed by atoms with Crippen molar-refractivity contribution in [3.05, 3.63) is 29.8 Å². The molecule has 0 amide bonds. The van der Waals surface area contributed by atoms with Gasteiger partial charge in [-0.05, 0) is 35.4 Å². The summed E-state index contributed by atoms with van der Waals surface area (Å²) in [5, 5.41) is 13.4. The number of rotatable bonds is 5. The minimum Gasteiger partial charge on any atom is -0.391 e. The van der Waals surface area contributed by atoms with E-state index in [0.717, 1.165) is 18.0 Å². The molecular weight excluding hydrogens is 246 g/mol. The van der Waals surface area contributed by atoms with Crippen molar-refractivity contribution in [2.45, 2.75) is 64.4 Å². The van der Waals surface area contributed by atoms with Gasteiger partial charge >= 0.3 is 0 Å². The van der Waals surface area contributed by atoms with Gasteiger partial charge in [-0.2, -0.15) is 0 Å². The Balaban J connectivity index is 1.78. The standard InChI is InChI=1S/C18H29NO/c1-18(2,3)15-8-10-16(11-9-15)19-13-17(20)12-14-6-4-5-7-14/h8-11,14,17,19-20H,4-7,12-13H2,1-3H3. The van der Waals surface area contributed by atoms with E-state index in [9.17, 15) is 5.11 Å². The molecule has 0 spiro atoms. The van der Waals surface area contributed by atoms with E-state index in [1.165, 1.54) is 31.2 Å². The molecule has 2 N–H and O–H groups in total. The van der Waals surface area contributed by atoms with Crippen LogP contribution in [-0.2, 0) is 5.41 Å². The minimum atomic E-state index is -0.222. The van der Waals surface area contributed by atoms with Crippen LogP contribution in [0.5, 0.6) is 0 Å². The SMILES string of the molecule is CC(C)(C)c1ccc(NCC(O)CC2CCCC2)cc1. The molecular formula is C18H29NO. The fourth-order valence-corrected chi connectivity index (χ4v) is 3.04. The van der Waals surface area contributed by atoms with Crippen molar-refractivity contribution >= 4 is 5.69 Å². The van der Waals surface area contributed by atoms with Crippen LogP contribution in [0.4, 0.5) is 5.69 Å². The fraction of sp³-hybridized carbons (Fsp3) is 0.667. The zero-order chi connectivity index (χ0) is 14.6. The lowest BCUT2D eigenvalue weighted by molar-refractivity contribution is 0.155. The number of nitrogens with one attached hydrogen (secondary N) is 1. The van der Waals surface area contributed by atoms with Gasteiger partial charge in [-0.1, -0.05) is 58.6 Å². The van der Waals surface area contributed by atoms with Crippen LogP contribution in [0.2, 0.25) is 0 Å². The Labute approximate surface area is 123 Å². The number of aliphatic hydroxyl groups is 1. The Morgan fingerprint density at radius 1 is 1.15 bits per heavy atom. The number of hydrogen-bond donors (Lipinski definition) is 2. The van der Waals surface area contributed by atoms with E-state index in [2.05, 4.69) is 50.4 Å². The van der Waals surface area contributed by atoms with E-state index < -0.39 is 0 Å². The molecule has 1 aliphatic carbocycles. The first-order valence-corrected chi connectivity index (χ1v) is 7.97. The normalized spacial score (nSPS) is 18.2. The zero-order valence-electron chi connectivity index (χ0n) is 13.2. The maximum atomic E-state index is 10.1. The maximum absolute atomic E-state index is 10.1. The largest absolute Gasteiger partial charge is 0.391 e. The molecule has 2 heteroatoms. The van der Waals surface area contributed by atoms with Crippen LogP contribution < -0.4 is 5.32 Å². The monoisotopic (exact) mass is 275 g/mol. The smallest absolute Gasteiger partial charge is 0.0715 e. The lowest BCUT2D eigenvalue weighted by Crippen LogP contribution is -2.22. The van der Waals surface area contributed by atoms with Gasteiger partial charge in [0.05, 0.1) is 6.10 Å². The first kappa shape index (κ1) is 15.4. The van der Waals surface area contributed by atoms with Gasteiger partial charge in [0.25, 0.3) is 0 Å². The predicted molar refractivity (Wildman–Crippen MR) is 86.2 cm³/mol. The van der Waals surface area contributed by atoms with Crippen LogP contribution in [0.3, 0.4) is 0 Å². The number of aliphatic hydroxyl groups excluding tert-OH is 1. The van der Waals surface area contributed by atoms with Crippen LogP contribution in [-0.4, -0.2) is 17.8 Å². The molecule has 1 fully saturated rings. The molecule has 1 atom stereocenters. The second-order valence-electron chi connectivity index (χ2n) is 7.25. The Morgan fingerprint density at radius 2 is 1.75 bits per heavy atom. The summed E-state index contributed by atoms with van der Waals surface area (Å²) < 4.78 is 0. The van der Waals surface area contributed by atoms with Crippen molar-refractivity contribution in [3.63, 3.8) is 0 Å². The molecule has 1 unspecified atom stereocenters. The second kappa shape index (κ2) is 6.62. The van der Waals surface area contributed by atoms with E-state index in [-0.39, 0.29) is 11.5 Å². The van der Waals surface area contributed by atoms with Gasteiger partial charge in [0.1, 0.15) is 0 Å². The van der Waals surface area contributed by atoms with Crippen molar-refractivity contribution in [1.82, 2.24) is 0 Å². The molecule has 0 bridgehead atoms. The summed E-state index contributed by atoms with van der Waals surface area (Å²) in [6.07, 6.45) is 6.03. The third-order valence-electron chi connectivity index (χ3n) is 4.37. The first-order chi connectivity index (χ1) is 9.45. The molecule has 20 heavy (non-hydrogen) atoms. The van der Waals surface area contributed by atoms with Crippen LogP contribution >= 0.6 is 0 Å².